The third-order valence-electron chi connectivity index (χ3n) is 2.66. The van der Waals surface area contributed by atoms with Gasteiger partial charge in [-0.15, -0.1) is 0 Å². The first kappa shape index (κ1) is 15.2. The maximum Gasteiger partial charge on any atom is 0.247 e. The first-order valence-corrected chi connectivity index (χ1v) is 7.93. The van der Waals surface area contributed by atoms with E-state index in [2.05, 4.69) is 20.9 Å². The van der Waals surface area contributed by atoms with Crippen molar-refractivity contribution < 1.29 is 17.9 Å². The van der Waals surface area contributed by atoms with Crippen molar-refractivity contribution in [3.05, 3.63) is 46.6 Å². The van der Waals surface area contributed by atoms with E-state index in [-0.39, 0.29) is 28.5 Å². The van der Waals surface area contributed by atoms with E-state index < -0.39 is 10.0 Å². The number of hydrogen-bond acceptors (Lipinski definition) is 5. The van der Waals surface area contributed by atoms with E-state index in [0.29, 0.717) is 5.69 Å². The summed E-state index contributed by atoms with van der Waals surface area (Å²) in [6, 6.07) is 6.60. The van der Waals surface area contributed by atoms with Crippen LogP contribution in [-0.2, 0) is 23.2 Å². The molecule has 0 bridgehead atoms. The largest absolute Gasteiger partial charge is 0.450 e. The van der Waals surface area contributed by atoms with Crippen LogP contribution >= 0.6 is 15.9 Å². The number of halogens is 1. The van der Waals surface area contributed by atoms with Gasteiger partial charge >= 0.3 is 0 Å². The average Bonchev–Trinajstić information content (AvgIpc) is 2.82. The molecule has 0 aliphatic rings. The molecule has 1 N–H and O–H groups in total. The van der Waals surface area contributed by atoms with Crippen molar-refractivity contribution in [3.8, 4) is 0 Å². The summed E-state index contributed by atoms with van der Waals surface area (Å²) in [5.74, 6) is 0.182. The molecule has 2 aromatic heterocycles. The minimum absolute atomic E-state index is 0.0139. The number of nitrogens with zero attached hydrogens (tertiary/aromatic N) is 2. The summed E-state index contributed by atoms with van der Waals surface area (Å²) in [5, 5.41) is 8.98. The Hall–Kier alpha value is -1.22. The van der Waals surface area contributed by atoms with Crippen LogP contribution in [-0.4, -0.2) is 29.9 Å². The highest BCUT2D eigenvalue weighted by molar-refractivity contribution is 9.10. The minimum Gasteiger partial charge on any atom is -0.450 e. The van der Waals surface area contributed by atoms with Gasteiger partial charge in [0, 0.05) is 19.3 Å². The lowest BCUT2D eigenvalue weighted by molar-refractivity contribution is 0.245. The Kier molecular flexibility index (Phi) is 4.59. The minimum atomic E-state index is -3.72. The number of rotatable bonds is 5. The fraction of sp³-hybridized carbons (Fsp3) is 0.250. The Labute approximate surface area is 125 Å². The van der Waals surface area contributed by atoms with Crippen molar-refractivity contribution in [2.45, 2.75) is 18.0 Å². The molecule has 8 heteroatoms. The van der Waals surface area contributed by atoms with Crippen LogP contribution in [0.25, 0.3) is 0 Å². The van der Waals surface area contributed by atoms with Gasteiger partial charge in [0.2, 0.25) is 10.0 Å². The highest BCUT2D eigenvalue weighted by Gasteiger charge is 2.27. The van der Waals surface area contributed by atoms with E-state index in [1.165, 1.54) is 17.4 Å². The molecule has 0 unspecified atom stereocenters. The zero-order valence-electron chi connectivity index (χ0n) is 10.7. The Bertz CT molecular complexity index is 685. The fourth-order valence-corrected chi connectivity index (χ4v) is 3.72. The fourth-order valence-electron chi connectivity index (χ4n) is 1.62. The van der Waals surface area contributed by atoms with Crippen LogP contribution in [0.4, 0.5) is 0 Å². The van der Waals surface area contributed by atoms with Gasteiger partial charge in [0.05, 0.1) is 12.2 Å². The second-order valence-corrected chi connectivity index (χ2v) is 6.82. The van der Waals surface area contributed by atoms with E-state index in [4.69, 9.17) is 9.52 Å². The number of aliphatic hydroxyl groups excluding tert-OH is 1. The lowest BCUT2D eigenvalue weighted by Crippen LogP contribution is -2.26. The van der Waals surface area contributed by atoms with Crippen LogP contribution in [0.5, 0.6) is 0 Å². The molecule has 0 aliphatic carbocycles. The van der Waals surface area contributed by atoms with Crippen LogP contribution < -0.4 is 0 Å². The molecule has 0 spiro atoms. The Morgan fingerprint density at radius 1 is 1.45 bits per heavy atom. The van der Waals surface area contributed by atoms with Crippen molar-refractivity contribution in [2.75, 3.05) is 7.05 Å². The van der Waals surface area contributed by atoms with Gasteiger partial charge in [-0.2, -0.15) is 4.31 Å². The third kappa shape index (κ3) is 3.09. The van der Waals surface area contributed by atoms with Crippen LogP contribution in [0, 0.1) is 0 Å². The molecule has 2 aromatic rings. The van der Waals surface area contributed by atoms with Gasteiger partial charge in [-0.25, -0.2) is 8.42 Å². The molecule has 20 heavy (non-hydrogen) atoms. The smallest absolute Gasteiger partial charge is 0.247 e. The van der Waals surface area contributed by atoms with Crippen molar-refractivity contribution in [1.82, 2.24) is 9.29 Å². The summed E-state index contributed by atoms with van der Waals surface area (Å²) in [7, 11) is -2.26. The summed E-state index contributed by atoms with van der Waals surface area (Å²) in [5.41, 5.74) is 0.639. The highest BCUT2D eigenvalue weighted by atomic mass is 79.9. The van der Waals surface area contributed by atoms with E-state index in [1.807, 2.05) is 0 Å². The number of pyridine rings is 1. The maximum absolute atomic E-state index is 12.4. The predicted molar refractivity (Wildman–Crippen MR) is 75.2 cm³/mol. The zero-order valence-corrected chi connectivity index (χ0v) is 13.1. The zero-order chi connectivity index (χ0) is 14.8. The quantitative estimate of drug-likeness (QED) is 0.877. The van der Waals surface area contributed by atoms with Crippen molar-refractivity contribution >= 4 is 26.0 Å². The molecule has 2 heterocycles. The van der Waals surface area contributed by atoms with Gasteiger partial charge in [0.25, 0.3) is 0 Å². The third-order valence-corrected chi connectivity index (χ3v) is 5.32. The van der Waals surface area contributed by atoms with Crippen LogP contribution in [0.1, 0.15) is 11.5 Å². The van der Waals surface area contributed by atoms with Crippen LogP contribution in [0.2, 0.25) is 0 Å². The average molecular weight is 361 g/mol. The number of sulfonamides is 1. The van der Waals surface area contributed by atoms with Gasteiger partial charge in [0.1, 0.15) is 17.3 Å². The Morgan fingerprint density at radius 3 is 2.75 bits per heavy atom. The van der Waals surface area contributed by atoms with Crippen LogP contribution in [0.3, 0.4) is 0 Å². The summed E-state index contributed by atoms with van der Waals surface area (Å²) < 4.78 is 31.2. The Balaban J connectivity index is 2.27. The topological polar surface area (TPSA) is 83.6 Å². The first-order chi connectivity index (χ1) is 9.45. The highest BCUT2D eigenvalue weighted by Crippen LogP contribution is 2.28. The van der Waals surface area contributed by atoms with Crippen molar-refractivity contribution in [3.63, 3.8) is 0 Å². The normalized spacial score (nSPS) is 12.0. The van der Waals surface area contributed by atoms with Crippen molar-refractivity contribution in [1.29, 1.82) is 0 Å². The van der Waals surface area contributed by atoms with E-state index in [1.54, 1.807) is 24.4 Å². The molecule has 0 fully saturated rings. The second-order valence-electron chi connectivity index (χ2n) is 4.09. The maximum atomic E-state index is 12.4. The van der Waals surface area contributed by atoms with Gasteiger partial charge in [-0.05, 0) is 28.1 Å². The standard InChI is InChI=1S/C12H13BrN2O4S/c1-15(7-9-4-2-3-5-14-9)20(17,18)11-6-10(8-16)19-12(11)13/h2-6,16H,7-8H2,1H3. The predicted octanol–water partition coefficient (Wildman–Crippen LogP) is 1.75. The number of aromatic nitrogens is 1. The molecule has 0 atom stereocenters. The summed E-state index contributed by atoms with van der Waals surface area (Å²) in [4.78, 5) is 4.07. The SMILES string of the molecule is CN(Cc1ccccn1)S(=O)(=O)c1cc(CO)oc1Br. The number of furan rings is 1. The lowest BCUT2D eigenvalue weighted by Gasteiger charge is -2.15. The Morgan fingerprint density at radius 2 is 2.20 bits per heavy atom. The molecule has 0 radical (unpaired) electrons. The molecule has 108 valence electrons. The van der Waals surface area contributed by atoms with Gasteiger partial charge in [-0.3, -0.25) is 4.98 Å². The summed E-state index contributed by atoms with van der Waals surface area (Å²) in [6.07, 6.45) is 1.60. The van der Waals surface area contributed by atoms with Crippen molar-refractivity contribution in [2.24, 2.45) is 0 Å². The van der Waals surface area contributed by atoms with E-state index in [0.717, 1.165) is 0 Å². The molecular weight excluding hydrogens is 348 g/mol. The molecular formula is C12H13BrN2O4S. The summed E-state index contributed by atoms with van der Waals surface area (Å²) >= 11 is 3.05. The van der Waals surface area contributed by atoms with Gasteiger partial charge in [0.15, 0.2) is 4.67 Å². The van der Waals surface area contributed by atoms with Gasteiger partial charge < -0.3 is 9.52 Å². The number of hydrogen-bond donors (Lipinski definition) is 1. The molecule has 0 saturated carbocycles. The van der Waals surface area contributed by atoms with Crippen LogP contribution in [0.15, 0.2) is 44.4 Å². The molecule has 0 amide bonds. The molecule has 2 rings (SSSR count). The number of aliphatic hydroxyl groups is 1. The monoisotopic (exact) mass is 360 g/mol. The molecule has 0 aliphatic heterocycles. The second kappa shape index (κ2) is 6.04. The summed E-state index contributed by atoms with van der Waals surface area (Å²) in [6.45, 7) is -0.215. The van der Waals surface area contributed by atoms with Gasteiger partial charge in [-0.1, -0.05) is 6.07 Å². The van der Waals surface area contributed by atoms with E-state index >= 15 is 0 Å². The lowest BCUT2D eigenvalue weighted by atomic mass is 10.3. The molecule has 6 nitrogen and oxygen atoms in total. The first-order valence-electron chi connectivity index (χ1n) is 5.70. The molecule has 0 saturated heterocycles. The van der Waals surface area contributed by atoms with E-state index in [9.17, 15) is 8.42 Å². The molecule has 0 aromatic carbocycles.